The molecule has 0 saturated heterocycles. The summed E-state index contributed by atoms with van der Waals surface area (Å²) < 4.78 is 124. The summed E-state index contributed by atoms with van der Waals surface area (Å²) in [6, 6.07) is 0. The Bertz CT molecular complexity index is 270. The van der Waals surface area contributed by atoms with Gasteiger partial charge < -0.3 is 0 Å². The second-order valence-corrected chi connectivity index (χ2v) is 3.73. The lowest BCUT2D eigenvalue weighted by Crippen LogP contribution is -2.68. The highest BCUT2D eigenvalue weighted by molar-refractivity contribution is 5.12. The van der Waals surface area contributed by atoms with Crippen LogP contribution in [0.5, 0.6) is 0 Å². The molecule has 0 nitrogen and oxygen atoms in total. The summed E-state index contributed by atoms with van der Waals surface area (Å²) in [5.41, 5.74) is -10.8. The van der Waals surface area contributed by atoms with Crippen LogP contribution < -0.4 is 0 Å². The lowest BCUT2D eigenvalue weighted by molar-refractivity contribution is -0.376. The molecule has 0 fully saturated rings. The fourth-order valence-corrected chi connectivity index (χ4v) is 1.30. The molecular formula is C8H8F10. The van der Waals surface area contributed by atoms with Gasteiger partial charge in [-0.2, -0.15) is 35.1 Å². The Morgan fingerprint density at radius 3 is 1.17 bits per heavy atom. The molecule has 0 N–H and O–H groups in total. The van der Waals surface area contributed by atoms with E-state index in [1.54, 1.807) is 0 Å². The van der Waals surface area contributed by atoms with Gasteiger partial charge in [0.25, 0.3) is 0 Å². The summed E-state index contributed by atoms with van der Waals surface area (Å²) >= 11 is 0. The average Bonchev–Trinajstić information content (AvgIpc) is 2.12. The highest BCUT2D eigenvalue weighted by Gasteiger charge is 2.82. The Morgan fingerprint density at radius 1 is 0.667 bits per heavy atom. The zero-order valence-electron chi connectivity index (χ0n) is 8.99. The van der Waals surface area contributed by atoms with Crippen molar-refractivity contribution in [3.63, 3.8) is 0 Å². The van der Waals surface area contributed by atoms with Gasteiger partial charge in [0.2, 0.25) is 11.3 Å². The second kappa shape index (κ2) is 4.16. The molecule has 0 aliphatic heterocycles. The Morgan fingerprint density at radius 2 is 1.00 bits per heavy atom. The predicted octanol–water partition coefficient (Wildman–Crippen LogP) is 4.59. The monoisotopic (exact) mass is 294 g/mol. The Kier molecular flexibility index (Phi) is 3.99. The summed E-state index contributed by atoms with van der Waals surface area (Å²) in [5.74, 6) is -6.48. The fraction of sp³-hybridized carbons (Fsp3) is 1.00. The summed E-state index contributed by atoms with van der Waals surface area (Å²) in [6.07, 6.45) is -14.9. The van der Waals surface area contributed by atoms with Crippen LogP contribution in [0.25, 0.3) is 0 Å². The molecule has 0 aromatic rings. The van der Waals surface area contributed by atoms with Gasteiger partial charge in [-0.05, 0) is 13.3 Å². The molecule has 0 aromatic carbocycles. The van der Waals surface area contributed by atoms with Crippen LogP contribution in [0.2, 0.25) is 0 Å². The molecule has 18 heavy (non-hydrogen) atoms. The molecule has 0 heterocycles. The van der Waals surface area contributed by atoms with E-state index < -0.39 is 43.0 Å². The first-order chi connectivity index (χ1) is 7.56. The molecule has 10 heteroatoms. The third-order valence-corrected chi connectivity index (χ3v) is 2.62. The minimum absolute atomic E-state index is 0.267. The topological polar surface area (TPSA) is 0 Å². The lowest BCUT2D eigenvalue weighted by Gasteiger charge is -2.42. The lowest BCUT2D eigenvalue weighted by atomic mass is 9.79. The highest BCUT2D eigenvalue weighted by Crippen LogP contribution is 2.57. The van der Waals surface area contributed by atoms with Crippen molar-refractivity contribution in [2.24, 2.45) is 0 Å². The predicted molar refractivity (Wildman–Crippen MR) is 40.7 cm³/mol. The summed E-state index contributed by atoms with van der Waals surface area (Å²) in [7, 11) is 0. The van der Waals surface area contributed by atoms with Crippen LogP contribution in [0.1, 0.15) is 20.3 Å². The second-order valence-electron chi connectivity index (χ2n) is 3.73. The van der Waals surface area contributed by atoms with Gasteiger partial charge in [-0.15, -0.1) is 0 Å². The molecule has 0 rings (SSSR count). The maximum absolute atomic E-state index is 13.5. The molecule has 0 saturated carbocycles. The molecule has 110 valence electrons. The highest BCUT2D eigenvalue weighted by atomic mass is 19.4. The number of rotatable bonds is 3. The Labute approximate surface area is 94.9 Å². The molecule has 0 amide bonds. The Hall–Kier alpha value is -0.700. The van der Waals surface area contributed by atoms with E-state index in [2.05, 4.69) is 0 Å². The van der Waals surface area contributed by atoms with Crippen LogP contribution in [-0.4, -0.2) is 29.6 Å². The van der Waals surface area contributed by atoms with Gasteiger partial charge in [0.15, 0.2) is 0 Å². The van der Waals surface area contributed by atoms with Crippen LogP contribution in [0, 0.1) is 0 Å². The van der Waals surface area contributed by atoms with Crippen LogP contribution >= 0.6 is 0 Å². The van der Waals surface area contributed by atoms with Crippen LogP contribution in [-0.2, 0) is 0 Å². The molecule has 2 atom stereocenters. The minimum Gasteiger partial charge on any atom is -0.233 e. The zero-order chi connectivity index (χ0) is 15.2. The van der Waals surface area contributed by atoms with Crippen molar-refractivity contribution in [1.82, 2.24) is 0 Å². The minimum atomic E-state index is -6.64. The standard InChI is InChI=1S/C8H8F10/c1-3-5(10,4(2,9)7(13,14)15)6(11,12)8(16,17)18/h3H2,1-2H3. The van der Waals surface area contributed by atoms with Crippen molar-refractivity contribution in [2.45, 2.75) is 49.9 Å². The smallest absolute Gasteiger partial charge is 0.233 e. The number of alkyl halides is 10. The summed E-state index contributed by atoms with van der Waals surface area (Å²) in [4.78, 5) is 0. The third kappa shape index (κ3) is 2.13. The molecule has 0 aliphatic carbocycles. The first-order valence-electron chi connectivity index (χ1n) is 4.45. The summed E-state index contributed by atoms with van der Waals surface area (Å²) in [5, 5.41) is 0. The molecule has 0 spiro atoms. The van der Waals surface area contributed by atoms with Crippen molar-refractivity contribution in [3.8, 4) is 0 Å². The van der Waals surface area contributed by atoms with E-state index in [1.165, 1.54) is 0 Å². The quantitative estimate of drug-likeness (QED) is 0.668. The SMILES string of the molecule is CCC(F)(C(C)(F)C(F)(F)F)C(F)(F)C(F)(F)F. The number of hydrogen-bond acceptors (Lipinski definition) is 0. The van der Waals surface area contributed by atoms with Crippen molar-refractivity contribution in [3.05, 3.63) is 0 Å². The van der Waals surface area contributed by atoms with Gasteiger partial charge in [-0.25, -0.2) is 8.78 Å². The molecule has 0 aromatic heterocycles. The Balaban J connectivity index is 5.96. The van der Waals surface area contributed by atoms with E-state index >= 15 is 0 Å². The van der Waals surface area contributed by atoms with Gasteiger partial charge in [0.1, 0.15) is 0 Å². The van der Waals surface area contributed by atoms with Crippen LogP contribution in [0.4, 0.5) is 43.9 Å². The van der Waals surface area contributed by atoms with Crippen molar-refractivity contribution < 1.29 is 43.9 Å². The molecule has 2 unspecified atom stereocenters. The van der Waals surface area contributed by atoms with Gasteiger partial charge in [0, 0.05) is 0 Å². The van der Waals surface area contributed by atoms with Crippen molar-refractivity contribution in [2.75, 3.05) is 0 Å². The van der Waals surface area contributed by atoms with Gasteiger partial charge in [-0.1, -0.05) is 6.92 Å². The van der Waals surface area contributed by atoms with E-state index in [1.807, 2.05) is 0 Å². The van der Waals surface area contributed by atoms with Crippen molar-refractivity contribution >= 4 is 0 Å². The van der Waals surface area contributed by atoms with Gasteiger partial charge in [0.05, 0.1) is 0 Å². The van der Waals surface area contributed by atoms with E-state index in [4.69, 9.17) is 0 Å². The third-order valence-electron chi connectivity index (χ3n) is 2.62. The van der Waals surface area contributed by atoms with Crippen LogP contribution in [0.3, 0.4) is 0 Å². The maximum atomic E-state index is 13.5. The molecule has 0 radical (unpaired) electrons. The van der Waals surface area contributed by atoms with Gasteiger partial charge in [-0.3, -0.25) is 0 Å². The van der Waals surface area contributed by atoms with Crippen LogP contribution in [0.15, 0.2) is 0 Å². The average molecular weight is 294 g/mol. The first-order valence-corrected chi connectivity index (χ1v) is 4.45. The van der Waals surface area contributed by atoms with E-state index in [9.17, 15) is 43.9 Å². The maximum Gasteiger partial charge on any atom is 0.456 e. The summed E-state index contributed by atoms with van der Waals surface area (Å²) in [6.45, 7) is -0.417. The molecule has 0 bridgehead atoms. The largest absolute Gasteiger partial charge is 0.456 e. The first kappa shape index (κ1) is 17.3. The van der Waals surface area contributed by atoms with E-state index in [0.29, 0.717) is 0 Å². The van der Waals surface area contributed by atoms with Crippen molar-refractivity contribution in [1.29, 1.82) is 0 Å². The molecule has 0 aliphatic rings. The van der Waals surface area contributed by atoms with Gasteiger partial charge >= 0.3 is 18.3 Å². The zero-order valence-corrected chi connectivity index (χ0v) is 8.99. The molecular weight excluding hydrogens is 286 g/mol. The number of hydrogen-bond donors (Lipinski definition) is 0. The normalized spacial score (nSPS) is 21.3. The van der Waals surface area contributed by atoms with E-state index in [-0.39, 0.29) is 6.92 Å². The fourth-order valence-electron chi connectivity index (χ4n) is 1.30. The van der Waals surface area contributed by atoms with E-state index in [0.717, 1.165) is 0 Å². The number of halogens is 10.